The molecule has 0 bridgehead atoms. The van der Waals surface area contributed by atoms with Crippen LogP contribution < -0.4 is 15.0 Å². The summed E-state index contributed by atoms with van der Waals surface area (Å²) >= 11 is 1.43. The zero-order valence-electron chi connectivity index (χ0n) is 17.8. The number of aryl methyl sites for hydroxylation is 1. The monoisotopic (exact) mass is 432 g/mol. The van der Waals surface area contributed by atoms with Gasteiger partial charge in [-0.05, 0) is 61.0 Å². The maximum Gasteiger partial charge on any atom is 0.282 e. The maximum absolute atomic E-state index is 13.6. The molecule has 0 fully saturated rings. The van der Waals surface area contributed by atoms with E-state index in [0.717, 1.165) is 28.1 Å². The Morgan fingerprint density at radius 1 is 0.968 bits per heavy atom. The maximum atomic E-state index is 13.6. The third-order valence-corrected chi connectivity index (χ3v) is 6.17. The predicted octanol–water partition coefficient (Wildman–Crippen LogP) is 5.55. The van der Waals surface area contributed by atoms with Crippen molar-refractivity contribution in [3.8, 4) is 5.75 Å². The van der Waals surface area contributed by atoms with Crippen molar-refractivity contribution >= 4 is 40.1 Å². The predicted molar refractivity (Wildman–Crippen MR) is 125 cm³/mol. The lowest BCUT2D eigenvalue weighted by Crippen LogP contribution is -2.32. The molecule has 1 aliphatic rings. The van der Waals surface area contributed by atoms with Crippen molar-refractivity contribution in [2.75, 3.05) is 16.8 Å². The molecule has 4 rings (SSSR count). The first kappa shape index (κ1) is 20.9. The van der Waals surface area contributed by atoms with Gasteiger partial charge >= 0.3 is 0 Å². The molecule has 0 radical (unpaired) electrons. The molecule has 31 heavy (non-hydrogen) atoms. The average molecular weight is 433 g/mol. The van der Waals surface area contributed by atoms with Gasteiger partial charge in [-0.3, -0.25) is 9.59 Å². The quantitative estimate of drug-likeness (QED) is 0.497. The minimum absolute atomic E-state index is 0.284. The summed E-state index contributed by atoms with van der Waals surface area (Å²) < 4.78 is 5.83. The molecule has 2 amide bonds. The Kier molecular flexibility index (Phi) is 5.91. The molecular weight excluding hydrogens is 408 g/mol. The third-order valence-electron chi connectivity index (χ3n) is 5.28. The van der Waals surface area contributed by atoms with Gasteiger partial charge in [-0.2, -0.15) is 0 Å². The van der Waals surface area contributed by atoms with Crippen LogP contribution in [0.25, 0.3) is 5.57 Å². The fraction of sp³-hybridized carbons (Fsp3) is 0.200. The number of benzene rings is 2. The van der Waals surface area contributed by atoms with Gasteiger partial charge < -0.3 is 10.1 Å². The number of carbonyl (C=O) groups is 2. The highest BCUT2D eigenvalue weighted by Crippen LogP contribution is 2.39. The van der Waals surface area contributed by atoms with Gasteiger partial charge in [0, 0.05) is 10.6 Å². The van der Waals surface area contributed by atoms with Crippen LogP contribution in [0.2, 0.25) is 0 Å². The minimum atomic E-state index is -0.387. The number of anilines is 2. The molecule has 2 heterocycles. The van der Waals surface area contributed by atoms with Crippen molar-refractivity contribution < 1.29 is 14.3 Å². The smallest absolute Gasteiger partial charge is 0.282 e. The first-order chi connectivity index (χ1) is 15.0. The first-order valence-electron chi connectivity index (χ1n) is 10.2. The second kappa shape index (κ2) is 8.78. The Morgan fingerprint density at radius 3 is 2.52 bits per heavy atom. The van der Waals surface area contributed by atoms with Gasteiger partial charge in [0.1, 0.15) is 11.4 Å². The number of amides is 2. The van der Waals surface area contributed by atoms with E-state index in [1.54, 1.807) is 18.2 Å². The van der Waals surface area contributed by atoms with Crippen LogP contribution in [0.3, 0.4) is 0 Å². The van der Waals surface area contributed by atoms with Gasteiger partial charge in [0.25, 0.3) is 11.8 Å². The van der Waals surface area contributed by atoms with Crippen LogP contribution in [-0.4, -0.2) is 18.4 Å². The summed E-state index contributed by atoms with van der Waals surface area (Å²) in [5.74, 6) is -0.223. The highest BCUT2D eigenvalue weighted by molar-refractivity contribution is 7.11. The molecule has 3 aromatic rings. The lowest BCUT2D eigenvalue weighted by atomic mass is 10.1. The van der Waals surface area contributed by atoms with Crippen LogP contribution in [0.15, 0.2) is 65.7 Å². The Labute approximate surface area is 186 Å². The Hall–Kier alpha value is -3.38. The second-order valence-corrected chi connectivity index (χ2v) is 8.31. The highest BCUT2D eigenvalue weighted by atomic mass is 32.1. The van der Waals surface area contributed by atoms with Crippen LogP contribution in [0.1, 0.15) is 29.3 Å². The van der Waals surface area contributed by atoms with E-state index in [-0.39, 0.29) is 17.5 Å². The fourth-order valence-corrected chi connectivity index (χ4v) is 4.28. The Bertz CT molecular complexity index is 1170. The molecule has 2 aromatic carbocycles. The van der Waals surface area contributed by atoms with E-state index in [4.69, 9.17) is 4.74 Å². The lowest BCUT2D eigenvalue weighted by molar-refractivity contribution is -0.120. The average Bonchev–Trinajstić information content (AvgIpc) is 3.37. The molecule has 0 spiro atoms. The SMILES string of the molecule is CCCOc1ccccc1N1C(=O)C(Nc2cccc(C)c2C)=C(c2cccs2)C1=O. The summed E-state index contributed by atoms with van der Waals surface area (Å²) in [6, 6.07) is 16.8. The van der Waals surface area contributed by atoms with E-state index in [1.807, 2.05) is 62.5 Å². The molecule has 0 unspecified atom stereocenters. The van der Waals surface area contributed by atoms with Gasteiger partial charge in [0.15, 0.2) is 0 Å². The number of nitrogens with one attached hydrogen (secondary N) is 1. The molecule has 0 atom stereocenters. The summed E-state index contributed by atoms with van der Waals surface area (Å²) in [4.78, 5) is 29.1. The van der Waals surface area contributed by atoms with Crippen molar-refractivity contribution in [2.24, 2.45) is 0 Å². The lowest BCUT2D eigenvalue weighted by Gasteiger charge is -2.19. The summed E-state index contributed by atoms with van der Waals surface area (Å²) in [5.41, 5.74) is 4.07. The van der Waals surface area contributed by atoms with Crippen LogP contribution in [-0.2, 0) is 9.59 Å². The Morgan fingerprint density at radius 2 is 1.77 bits per heavy atom. The number of nitrogens with zero attached hydrogens (tertiary/aromatic N) is 1. The number of hydrogen-bond acceptors (Lipinski definition) is 5. The van der Waals surface area contributed by atoms with Crippen molar-refractivity contribution in [2.45, 2.75) is 27.2 Å². The number of rotatable bonds is 7. The fourth-order valence-electron chi connectivity index (χ4n) is 3.51. The number of carbonyl (C=O) groups excluding carboxylic acids is 2. The molecule has 1 aromatic heterocycles. The standard InChI is InChI=1S/C25H24N2O3S/c1-4-14-30-20-12-6-5-11-19(20)27-24(28)22(21-13-8-15-31-21)23(25(27)29)26-18-10-7-9-16(2)17(18)3/h5-13,15,26H,4,14H2,1-3H3. The molecule has 0 aliphatic carbocycles. The Balaban J connectivity index is 1.80. The van der Waals surface area contributed by atoms with Crippen molar-refractivity contribution in [3.63, 3.8) is 0 Å². The third kappa shape index (κ3) is 3.86. The summed E-state index contributed by atoms with van der Waals surface area (Å²) in [7, 11) is 0. The minimum Gasteiger partial charge on any atom is -0.491 e. The summed E-state index contributed by atoms with van der Waals surface area (Å²) in [6.07, 6.45) is 0.828. The molecule has 1 N–H and O–H groups in total. The van der Waals surface area contributed by atoms with Crippen LogP contribution in [0.5, 0.6) is 5.75 Å². The second-order valence-electron chi connectivity index (χ2n) is 7.36. The van der Waals surface area contributed by atoms with Gasteiger partial charge in [-0.25, -0.2) is 4.90 Å². The van der Waals surface area contributed by atoms with Crippen LogP contribution >= 0.6 is 11.3 Å². The largest absolute Gasteiger partial charge is 0.491 e. The molecule has 5 nitrogen and oxygen atoms in total. The van der Waals surface area contributed by atoms with Crippen LogP contribution in [0, 0.1) is 13.8 Å². The number of thiophene rings is 1. The van der Waals surface area contributed by atoms with E-state index in [1.165, 1.54) is 16.2 Å². The van der Waals surface area contributed by atoms with E-state index in [2.05, 4.69) is 5.32 Å². The van der Waals surface area contributed by atoms with Gasteiger partial charge in [-0.1, -0.05) is 37.3 Å². The summed E-state index contributed by atoms with van der Waals surface area (Å²) in [5, 5.41) is 5.16. The zero-order valence-corrected chi connectivity index (χ0v) is 18.6. The number of hydrogen-bond donors (Lipinski definition) is 1. The van der Waals surface area contributed by atoms with Crippen LogP contribution in [0.4, 0.5) is 11.4 Å². The molecule has 1 aliphatic heterocycles. The zero-order chi connectivity index (χ0) is 22.0. The molecule has 6 heteroatoms. The molecular formula is C25H24N2O3S. The number of ether oxygens (including phenoxy) is 1. The van der Waals surface area contributed by atoms with Gasteiger partial charge in [-0.15, -0.1) is 11.3 Å². The molecule has 158 valence electrons. The van der Waals surface area contributed by atoms with Crippen molar-refractivity contribution in [1.82, 2.24) is 0 Å². The van der Waals surface area contributed by atoms with E-state index in [9.17, 15) is 9.59 Å². The van der Waals surface area contributed by atoms with E-state index >= 15 is 0 Å². The summed E-state index contributed by atoms with van der Waals surface area (Å²) in [6.45, 7) is 6.53. The molecule has 0 saturated heterocycles. The number of imide groups is 1. The van der Waals surface area contributed by atoms with Crippen molar-refractivity contribution in [3.05, 3.63) is 81.7 Å². The van der Waals surface area contributed by atoms with E-state index < -0.39 is 0 Å². The number of para-hydroxylation sites is 2. The van der Waals surface area contributed by atoms with E-state index in [0.29, 0.717) is 23.6 Å². The molecule has 0 saturated carbocycles. The first-order valence-corrected chi connectivity index (χ1v) is 11.1. The van der Waals surface area contributed by atoms with Gasteiger partial charge in [0.05, 0.1) is 17.9 Å². The van der Waals surface area contributed by atoms with Gasteiger partial charge in [0.2, 0.25) is 0 Å². The topological polar surface area (TPSA) is 58.6 Å². The van der Waals surface area contributed by atoms with Crippen molar-refractivity contribution in [1.29, 1.82) is 0 Å². The highest BCUT2D eigenvalue weighted by Gasteiger charge is 2.42. The normalized spacial score (nSPS) is 13.8.